The van der Waals surface area contributed by atoms with Crippen molar-refractivity contribution in [2.45, 2.75) is 19.6 Å². The van der Waals surface area contributed by atoms with Crippen LogP contribution < -0.4 is 11.1 Å². The molecule has 0 aliphatic carbocycles. The van der Waals surface area contributed by atoms with Crippen LogP contribution in [0.15, 0.2) is 24.3 Å². The molecule has 1 heterocycles. The van der Waals surface area contributed by atoms with Gasteiger partial charge in [-0.1, -0.05) is 19.1 Å². The molecule has 5 heteroatoms. The highest BCUT2D eigenvalue weighted by atomic mass is 16.5. The van der Waals surface area contributed by atoms with Gasteiger partial charge in [0, 0.05) is 31.7 Å². The predicted molar refractivity (Wildman–Crippen MR) is 78.5 cm³/mol. The monoisotopic (exact) mass is 277 g/mol. The Balaban J connectivity index is 1.74. The van der Waals surface area contributed by atoms with Crippen LogP contribution in [-0.2, 0) is 11.3 Å². The standard InChI is InChI=1S/C15H23N3O2/c1-2-18-7-8-20-14(11-18)10-17-9-12-3-5-13(6-4-12)15(16)19/h3-6,14,17H,2,7-11H2,1H3,(H2,16,19). The third kappa shape index (κ3) is 4.30. The number of primary amides is 1. The molecule has 0 saturated carbocycles. The van der Waals surface area contributed by atoms with Crippen LogP contribution in [0, 0.1) is 0 Å². The number of hydrogen-bond donors (Lipinski definition) is 2. The smallest absolute Gasteiger partial charge is 0.248 e. The fraction of sp³-hybridized carbons (Fsp3) is 0.533. The topological polar surface area (TPSA) is 67.6 Å². The molecule has 0 bridgehead atoms. The van der Waals surface area contributed by atoms with E-state index in [1.165, 1.54) is 0 Å². The lowest BCUT2D eigenvalue weighted by atomic mass is 10.1. The first-order valence-corrected chi connectivity index (χ1v) is 7.12. The minimum atomic E-state index is -0.389. The first-order chi connectivity index (χ1) is 9.69. The number of nitrogens with two attached hydrogens (primary N) is 1. The fourth-order valence-corrected chi connectivity index (χ4v) is 2.36. The summed E-state index contributed by atoms with van der Waals surface area (Å²) >= 11 is 0. The van der Waals surface area contributed by atoms with Gasteiger partial charge in [0.05, 0.1) is 12.7 Å². The van der Waals surface area contributed by atoms with Crippen LogP contribution in [0.4, 0.5) is 0 Å². The van der Waals surface area contributed by atoms with Gasteiger partial charge in [-0.25, -0.2) is 0 Å². The van der Waals surface area contributed by atoms with Crippen LogP contribution in [0.2, 0.25) is 0 Å². The molecule has 1 aliphatic heterocycles. The summed E-state index contributed by atoms with van der Waals surface area (Å²) in [5, 5.41) is 3.40. The highest BCUT2D eigenvalue weighted by molar-refractivity contribution is 5.92. The molecule has 1 fully saturated rings. The number of rotatable bonds is 6. The molecule has 1 aliphatic rings. The minimum Gasteiger partial charge on any atom is -0.374 e. The van der Waals surface area contributed by atoms with Crippen LogP contribution in [0.25, 0.3) is 0 Å². The predicted octanol–water partition coefficient (Wildman–Crippen LogP) is 0.596. The SMILES string of the molecule is CCN1CCOC(CNCc2ccc(C(N)=O)cc2)C1. The molecule has 1 amide bonds. The van der Waals surface area contributed by atoms with E-state index in [2.05, 4.69) is 17.1 Å². The zero-order valence-electron chi connectivity index (χ0n) is 12.0. The van der Waals surface area contributed by atoms with Crippen molar-refractivity contribution in [1.82, 2.24) is 10.2 Å². The number of amides is 1. The summed E-state index contributed by atoms with van der Waals surface area (Å²) in [5.74, 6) is -0.389. The van der Waals surface area contributed by atoms with Crippen molar-refractivity contribution in [3.8, 4) is 0 Å². The molecule has 1 unspecified atom stereocenters. The summed E-state index contributed by atoms with van der Waals surface area (Å²) in [5.41, 5.74) is 6.89. The quantitative estimate of drug-likeness (QED) is 0.799. The minimum absolute atomic E-state index is 0.258. The zero-order chi connectivity index (χ0) is 14.4. The van der Waals surface area contributed by atoms with Gasteiger partial charge < -0.3 is 15.8 Å². The molecule has 0 aromatic heterocycles. The number of ether oxygens (including phenoxy) is 1. The summed E-state index contributed by atoms with van der Waals surface area (Å²) in [6.07, 6.45) is 0.258. The van der Waals surface area contributed by atoms with E-state index in [9.17, 15) is 4.79 Å². The van der Waals surface area contributed by atoms with Gasteiger partial charge in [-0.3, -0.25) is 9.69 Å². The van der Waals surface area contributed by atoms with E-state index in [0.717, 1.165) is 44.9 Å². The van der Waals surface area contributed by atoms with E-state index in [1.54, 1.807) is 12.1 Å². The lowest BCUT2D eigenvalue weighted by Crippen LogP contribution is -2.46. The number of nitrogens with zero attached hydrogens (tertiary/aromatic N) is 1. The van der Waals surface area contributed by atoms with Crippen molar-refractivity contribution in [2.24, 2.45) is 5.73 Å². The lowest BCUT2D eigenvalue weighted by molar-refractivity contribution is -0.0253. The highest BCUT2D eigenvalue weighted by Crippen LogP contribution is 2.06. The van der Waals surface area contributed by atoms with Gasteiger partial charge >= 0.3 is 0 Å². The maximum Gasteiger partial charge on any atom is 0.248 e. The molecule has 5 nitrogen and oxygen atoms in total. The van der Waals surface area contributed by atoms with Crippen molar-refractivity contribution in [3.63, 3.8) is 0 Å². The molecular formula is C15H23N3O2. The average molecular weight is 277 g/mol. The molecule has 0 spiro atoms. The van der Waals surface area contributed by atoms with Crippen molar-refractivity contribution in [1.29, 1.82) is 0 Å². The Morgan fingerprint density at radius 1 is 1.45 bits per heavy atom. The second kappa shape index (κ2) is 7.38. The number of benzene rings is 1. The van der Waals surface area contributed by atoms with Gasteiger partial charge in [-0.05, 0) is 24.2 Å². The van der Waals surface area contributed by atoms with Crippen molar-refractivity contribution in [3.05, 3.63) is 35.4 Å². The lowest BCUT2D eigenvalue weighted by Gasteiger charge is -2.32. The molecule has 1 aromatic carbocycles. The van der Waals surface area contributed by atoms with Gasteiger partial charge in [-0.15, -0.1) is 0 Å². The number of nitrogens with one attached hydrogen (secondary N) is 1. The Labute approximate surface area is 120 Å². The first kappa shape index (κ1) is 15.0. The molecule has 20 heavy (non-hydrogen) atoms. The maximum atomic E-state index is 11.0. The molecule has 1 aromatic rings. The molecule has 110 valence electrons. The zero-order valence-corrected chi connectivity index (χ0v) is 12.0. The second-order valence-electron chi connectivity index (χ2n) is 5.08. The number of carbonyl (C=O) groups is 1. The van der Waals surface area contributed by atoms with E-state index >= 15 is 0 Å². The van der Waals surface area contributed by atoms with E-state index < -0.39 is 0 Å². The van der Waals surface area contributed by atoms with Gasteiger partial charge in [-0.2, -0.15) is 0 Å². The normalized spacial score (nSPS) is 19.9. The highest BCUT2D eigenvalue weighted by Gasteiger charge is 2.18. The largest absolute Gasteiger partial charge is 0.374 e. The number of carbonyl (C=O) groups excluding carboxylic acids is 1. The van der Waals surface area contributed by atoms with E-state index in [1.807, 2.05) is 12.1 Å². The number of likely N-dealkylation sites (N-methyl/N-ethyl adjacent to an activating group) is 1. The van der Waals surface area contributed by atoms with Crippen molar-refractivity contribution < 1.29 is 9.53 Å². The fourth-order valence-electron chi connectivity index (χ4n) is 2.36. The van der Waals surface area contributed by atoms with Crippen molar-refractivity contribution >= 4 is 5.91 Å². The summed E-state index contributed by atoms with van der Waals surface area (Å²) in [4.78, 5) is 13.4. The Morgan fingerprint density at radius 2 is 2.20 bits per heavy atom. The average Bonchev–Trinajstić information content (AvgIpc) is 2.48. The van der Waals surface area contributed by atoms with Crippen LogP contribution >= 0.6 is 0 Å². The molecule has 1 saturated heterocycles. The van der Waals surface area contributed by atoms with E-state index in [-0.39, 0.29) is 12.0 Å². The molecule has 2 rings (SSSR count). The van der Waals surface area contributed by atoms with Gasteiger partial charge in [0.2, 0.25) is 5.91 Å². The van der Waals surface area contributed by atoms with Gasteiger partial charge in [0.25, 0.3) is 0 Å². The van der Waals surface area contributed by atoms with Crippen LogP contribution in [0.1, 0.15) is 22.8 Å². The van der Waals surface area contributed by atoms with Crippen LogP contribution in [0.3, 0.4) is 0 Å². The Hall–Kier alpha value is -1.43. The van der Waals surface area contributed by atoms with Gasteiger partial charge in [0.15, 0.2) is 0 Å². The Morgan fingerprint density at radius 3 is 2.85 bits per heavy atom. The summed E-state index contributed by atoms with van der Waals surface area (Å²) in [6, 6.07) is 7.37. The summed E-state index contributed by atoms with van der Waals surface area (Å²) < 4.78 is 5.73. The summed E-state index contributed by atoms with van der Waals surface area (Å²) in [6.45, 7) is 7.70. The van der Waals surface area contributed by atoms with Crippen LogP contribution in [-0.4, -0.2) is 49.7 Å². The molecule has 1 atom stereocenters. The van der Waals surface area contributed by atoms with Crippen molar-refractivity contribution in [2.75, 3.05) is 32.8 Å². The Kier molecular flexibility index (Phi) is 5.52. The third-order valence-corrected chi connectivity index (χ3v) is 3.61. The Bertz CT molecular complexity index is 433. The third-order valence-electron chi connectivity index (χ3n) is 3.61. The number of morpholine rings is 1. The van der Waals surface area contributed by atoms with Crippen LogP contribution in [0.5, 0.6) is 0 Å². The molecule has 3 N–H and O–H groups in total. The molecule has 0 radical (unpaired) electrons. The number of hydrogen-bond acceptors (Lipinski definition) is 4. The summed E-state index contributed by atoms with van der Waals surface area (Å²) in [7, 11) is 0. The van der Waals surface area contributed by atoms with Gasteiger partial charge in [0.1, 0.15) is 0 Å². The first-order valence-electron chi connectivity index (χ1n) is 7.12. The van der Waals surface area contributed by atoms with E-state index in [4.69, 9.17) is 10.5 Å². The second-order valence-corrected chi connectivity index (χ2v) is 5.08. The van der Waals surface area contributed by atoms with E-state index in [0.29, 0.717) is 5.56 Å². The molecular weight excluding hydrogens is 254 g/mol. The maximum absolute atomic E-state index is 11.0.